The van der Waals surface area contributed by atoms with Gasteiger partial charge in [-0.1, -0.05) is 24.3 Å². The summed E-state index contributed by atoms with van der Waals surface area (Å²) in [5.74, 6) is 0.403. The van der Waals surface area contributed by atoms with Crippen LogP contribution in [0.25, 0.3) is 0 Å². The second-order valence-corrected chi connectivity index (χ2v) is 8.82. The van der Waals surface area contributed by atoms with Gasteiger partial charge in [-0.15, -0.1) is 0 Å². The smallest absolute Gasteiger partial charge is 0.387 e. The molecule has 2 aromatic rings. The first kappa shape index (κ1) is 22.4. The van der Waals surface area contributed by atoms with Crippen LogP contribution in [0.5, 0.6) is 5.75 Å². The number of anilines is 1. The molecule has 1 atom stereocenters. The Labute approximate surface area is 177 Å². The fourth-order valence-electron chi connectivity index (χ4n) is 3.28. The molecule has 2 aromatic carbocycles. The number of halogens is 2. The normalized spacial score (nSPS) is 15.7. The van der Waals surface area contributed by atoms with Crippen molar-refractivity contribution in [3.8, 4) is 5.75 Å². The summed E-state index contributed by atoms with van der Waals surface area (Å²) in [4.78, 5) is 12.3. The minimum Gasteiger partial charge on any atom is -0.435 e. The molecule has 162 valence electrons. The van der Waals surface area contributed by atoms with E-state index in [0.717, 1.165) is 24.0 Å². The number of rotatable bonds is 9. The molecule has 1 aliphatic rings. The third-order valence-corrected chi connectivity index (χ3v) is 6.68. The van der Waals surface area contributed by atoms with Gasteiger partial charge >= 0.3 is 6.61 Å². The highest BCUT2D eigenvalue weighted by atomic mass is 32.2. The molecule has 0 saturated carbocycles. The molecule has 0 aromatic heterocycles. The molecule has 1 saturated heterocycles. The van der Waals surface area contributed by atoms with Crippen LogP contribution in [-0.2, 0) is 32.5 Å². The third-order valence-electron chi connectivity index (χ3n) is 4.85. The zero-order valence-electron chi connectivity index (χ0n) is 16.5. The van der Waals surface area contributed by atoms with Gasteiger partial charge in [0.05, 0.1) is 0 Å². The summed E-state index contributed by atoms with van der Waals surface area (Å²) in [6, 6.07) is 13.7. The summed E-state index contributed by atoms with van der Waals surface area (Å²) < 4.78 is 46.5. The van der Waals surface area contributed by atoms with Gasteiger partial charge in [-0.05, 0) is 54.7 Å². The molecule has 8 heteroatoms. The Bertz CT molecular complexity index is 854. The Balaban J connectivity index is 1.48. The van der Waals surface area contributed by atoms with Crippen LogP contribution in [0.2, 0.25) is 0 Å². The molecular formula is C22H25F2NO4S. The number of amides is 1. The number of aryl methyl sites for hydroxylation is 1. The summed E-state index contributed by atoms with van der Waals surface area (Å²) in [6.07, 6.45) is 2.37. The largest absolute Gasteiger partial charge is 0.435 e. The predicted octanol–water partition coefficient (Wildman–Crippen LogP) is 4.29. The SMILES string of the molecule is O=C(CCc1ccc(OC(F)F)cc1)Nc1cccc(CS(=O)C2CCOCC2)c1. The van der Waals surface area contributed by atoms with E-state index in [1.165, 1.54) is 12.1 Å². The average molecular weight is 438 g/mol. The molecule has 3 rings (SSSR count). The summed E-state index contributed by atoms with van der Waals surface area (Å²) in [5, 5.41) is 3.02. The quantitative estimate of drug-likeness (QED) is 0.636. The highest BCUT2D eigenvalue weighted by Crippen LogP contribution is 2.19. The van der Waals surface area contributed by atoms with Gasteiger partial charge < -0.3 is 14.8 Å². The van der Waals surface area contributed by atoms with Crippen molar-refractivity contribution in [2.45, 2.75) is 43.3 Å². The van der Waals surface area contributed by atoms with E-state index in [1.807, 2.05) is 18.2 Å². The van der Waals surface area contributed by atoms with Gasteiger partial charge in [0, 0.05) is 47.1 Å². The van der Waals surface area contributed by atoms with Crippen LogP contribution in [-0.4, -0.2) is 35.2 Å². The van der Waals surface area contributed by atoms with E-state index in [4.69, 9.17) is 4.74 Å². The van der Waals surface area contributed by atoms with Gasteiger partial charge in [-0.25, -0.2) is 0 Å². The maximum atomic E-state index is 12.6. The van der Waals surface area contributed by atoms with E-state index in [0.29, 0.717) is 31.1 Å². The number of hydrogen-bond donors (Lipinski definition) is 1. The number of ether oxygens (including phenoxy) is 2. The molecule has 1 heterocycles. The van der Waals surface area contributed by atoms with Crippen LogP contribution < -0.4 is 10.1 Å². The third kappa shape index (κ3) is 7.18. The standard InChI is InChI=1S/C22H25F2NO4S/c23-22(24)29-19-7-4-16(5-8-19)6-9-21(26)25-18-3-1-2-17(14-18)15-30(27)20-10-12-28-13-11-20/h1-5,7-8,14,20,22H,6,9-13,15H2,(H,25,26). The summed E-state index contributed by atoms with van der Waals surface area (Å²) in [7, 11) is -0.963. The van der Waals surface area contributed by atoms with E-state index in [9.17, 15) is 17.8 Å². The fourth-order valence-corrected chi connectivity index (χ4v) is 4.74. The van der Waals surface area contributed by atoms with Gasteiger partial charge in [0.1, 0.15) is 5.75 Å². The number of benzene rings is 2. The lowest BCUT2D eigenvalue weighted by Gasteiger charge is -2.21. The Morgan fingerprint density at radius 2 is 1.87 bits per heavy atom. The first-order valence-electron chi connectivity index (χ1n) is 9.87. The lowest BCUT2D eigenvalue weighted by atomic mass is 10.1. The van der Waals surface area contributed by atoms with Crippen LogP contribution in [0.1, 0.15) is 30.4 Å². The van der Waals surface area contributed by atoms with Crippen LogP contribution in [0, 0.1) is 0 Å². The average Bonchev–Trinajstić information content (AvgIpc) is 2.74. The highest BCUT2D eigenvalue weighted by molar-refractivity contribution is 7.84. The molecule has 1 amide bonds. The second kappa shape index (κ2) is 11.2. The molecule has 1 N–H and O–H groups in total. The van der Waals surface area contributed by atoms with Crippen LogP contribution in [0.15, 0.2) is 48.5 Å². The Morgan fingerprint density at radius 1 is 1.13 bits per heavy atom. The number of alkyl halides is 2. The number of carbonyl (C=O) groups is 1. The summed E-state index contributed by atoms with van der Waals surface area (Å²) in [6.45, 7) is -1.53. The lowest BCUT2D eigenvalue weighted by molar-refractivity contribution is -0.116. The van der Waals surface area contributed by atoms with Crippen molar-refractivity contribution in [2.75, 3.05) is 18.5 Å². The molecule has 0 spiro atoms. The molecule has 30 heavy (non-hydrogen) atoms. The van der Waals surface area contributed by atoms with Crippen molar-refractivity contribution in [1.82, 2.24) is 0 Å². The zero-order valence-corrected chi connectivity index (χ0v) is 17.3. The summed E-state index contributed by atoms with van der Waals surface area (Å²) >= 11 is 0. The number of hydrogen-bond acceptors (Lipinski definition) is 4. The summed E-state index contributed by atoms with van der Waals surface area (Å²) in [5.41, 5.74) is 2.45. The molecule has 1 unspecified atom stereocenters. The first-order chi connectivity index (χ1) is 14.5. The van der Waals surface area contributed by atoms with Gasteiger partial charge in [0.2, 0.25) is 5.91 Å². The Hall–Kier alpha value is -2.32. The van der Waals surface area contributed by atoms with Crippen LogP contribution in [0.3, 0.4) is 0 Å². The molecule has 0 radical (unpaired) electrons. The molecule has 0 aliphatic carbocycles. The van der Waals surface area contributed by atoms with E-state index >= 15 is 0 Å². The monoisotopic (exact) mass is 437 g/mol. The van der Waals surface area contributed by atoms with Crippen molar-refractivity contribution in [3.63, 3.8) is 0 Å². The molecule has 5 nitrogen and oxygen atoms in total. The fraction of sp³-hybridized carbons (Fsp3) is 0.409. The lowest BCUT2D eigenvalue weighted by Crippen LogP contribution is -2.25. The minimum absolute atomic E-state index is 0.0909. The van der Waals surface area contributed by atoms with Crippen molar-refractivity contribution >= 4 is 22.4 Å². The van der Waals surface area contributed by atoms with Gasteiger partial charge in [0.25, 0.3) is 0 Å². The molecular weight excluding hydrogens is 412 g/mol. The van der Waals surface area contributed by atoms with Gasteiger partial charge in [-0.2, -0.15) is 8.78 Å². The number of carbonyl (C=O) groups excluding carboxylic acids is 1. The zero-order chi connectivity index (χ0) is 21.3. The Kier molecular flexibility index (Phi) is 8.33. The topological polar surface area (TPSA) is 64.6 Å². The number of nitrogens with one attached hydrogen (secondary N) is 1. The van der Waals surface area contributed by atoms with Crippen molar-refractivity contribution < 1.29 is 27.3 Å². The van der Waals surface area contributed by atoms with E-state index in [2.05, 4.69) is 10.1 Å². The van der Waals surface area contributed by atoms with Crippen LogP contribution in [0.4, 0.5) is 14.5 Å². The molecule has 0 bridgehead atoms. The second-order valence-electron chi connectivity index (χ2n) is 7.11. The van der Waals surface area contributed by atoms with Crippen molar-refractivity contribution in [1.29, 1.82) is 0 Å². The van der Waals surface area contributed by atoms with Gasteiger partial charge in [-0.3, -0.25) is 9.00 Å². The first-order valence-corrected chi connectivity index (χ1v) is 11.3. The maximum Gasteiger partial charge on any atom is 0.387 e. The molecule has 1 fully saturated rings. The van der Waals surface area contributed by atoms with Crippen molar-refractivity contribution in [2.24, 2.45) is 0 Å². The highest BCUT2D eigenvalue weighted by Gasteiger charge is 2.20. The van der Waals surface area contributed by atoms with E-state index in [-0.39, 0.29) is 23.3 Å². The maximum absolute atomic E-state index is 12.6. The van der Waals surface area contributed by atoms with Crippen LogP contribution >= 0.6 is 0 Å². The minimum atomic E-state index is -2.86. The Morgan fingerprint density at radius 3 is 2.57 bits per heavy atom. The van der Waals surface area contributed by atoms with Gasteiger partial charge in [0.15, 0.2) is 0 Å². The predicted molar refractivity (Wildman–Crippen MR) is 112 cm³/mol. The van der Waals surface area contributed by atoms with Crippen molar-refractivity contribution in [3.05, 3.63) is 59.7 Å². The molecule has 1 aliphatic heterocycles. The van der Waals surface area contributed by atoms with E-state index in [1.54, 1.807) is 18.2 Å². The van der Waals surface area contributed by atoms with E-state index < -0.39 is 17.4 Å².